The van der Waals surface area contributed by atoms with Crippen LogP contribution in [0.25, 0.3) is 0 Å². The molecule has 0 spiro atoms. The Morgan fingerprint density at radius 2 is 2.25 bits per heavy atom. The van der Waals surface area contributed by atoms with Crippen molar-refractivity contribution in [3.63, 3.8) is 0 Å². The van der Waals surface area contributed by atoms with Crippen molar-refractivity contribution in [2.75, 3.05) is 13.1 Å². The van der Waals surface area contributed by atoms with E-state index < -0.39 is 0 Å². The fraction of sp³-hybridized carbons (Fsp3) is 0.643. The number of hydrogen-bond donors (Lipinski definition) is 2. The lowest BCUT2D eigenvalue weighted by Crippen LogP contribution is -2.49. The molecule has 6 nitrogen and oxygen atoms in total. The van der Waals surface area contributed by atoms with Gasteiger partial charge >= 0.3 is 0 Å². The van der Waals surface area contributed by atoms with Crippen molar-refractivity contribution in [3.8, 4) is 0 Å². The van der Waals surface area contributed by atoms with Crippen LogP contribution in [0.5, 0.6) is 0 Å². The van der Waals surface area contributed by atoms with Crippen LogP contribution in [0.2, 0.25) is 0 Å². The van der Waals surface area contributed by atoms with Gasteiger partial charge in [0.25, 0.3) is 5.91 Å². The molecule has 1 aromatic rings. The van der Waals surface area contributed by atoms with Crippen LogP contribution in [0.15, 0.2) is 6.07 Å². The second-order valence-corrected chi connectivity index (χ2v) is 5.65. The van der Waals surface area contributed by atoms with E-state index in [1.54, 1.807) is 4.90 Å². The summed E-state index contributed by atoms with van der Waals surface area (Å²) in [6.45, 7) is 6.88. The Morgan fingerprint density at radius 3 is 2.85 bits per heavy atom. The average molecular weight is 278 g/mol. The van der Waals surface area contributed by atoms with Crippen molar-refractivity contribution in [1.82, 2.24) is 20.4 Å². The molecule has 0 bridgehead atoms. The maximum atomic E-state index is 12.4. The SMILES string of the molecule is CC(=O)NC1CCCN(C(=O)c2cc(C(C)C)[nH]n2)C1. The van der Waals surface area contributed by atoms with Gasteiger partial charge in [0.2, 0.25) is 5.91 Å². The van der Waals surface area contributed by atoms with Crippen molar-refractivity contribution >= 4 is 11.8 Å². The minimum absolute atomic E-state index is 0.0497. The third-order valence-electron chi connectivity index (χ3n) is 3.55. The van der Waals surface area contributed by atoms with E-state index in [4.69, 9.17) is 0 Å². The van der Waals surface area contributed by atoms with Crippen molar-refractivity contribution in [1.29, 1.82) is 0 Å². The van der Waals surface area contributed by atoms with Crippen molar-refractivity contribution in [3.05, 3.63) is 17.5 Å². The number of aromatic nitrogens is 2. The lowest BCUT2D eigenvalue weighted by Gasteiger charge is -2.32. The first-order chi connectivity index (χ1) is 9.47. The molecule has 0 aromatic carbocycles. The third kappa shape index (κ3) is 3.37. The summed E-state index contributed by atoms with van der Waals surface area (Å²) >= 11 is 0. The predicted octanol–water partition coefficient (Wildman–Crippen LogP) is 1.27. The standard InChI is InChI=1S/C14H22N4O2/c1-9(2)12-7-13(17-16-12)14(20)18-6-4-5-11(8-18)15-10(3)19/h7,9,11H,4-6,8H2,1-3H3,(H,15,19)(H,16,17). The van der Waals surface area contributed by atoms with Crippen LogP contribution in [0.4, 0.5) is 0 Å². The number of hydrogen-bond acceptors (Lipinski definition) is 3. The number of carbonyl (C=O) groups is 2. The molecular formula is C14H22N4O2. The molecule has 0 saturated carbocycles. The first-order valence-corrected chi connectivity index (χ1v) is 7.09. The predicted molar refractivity (Wildman–Crippen MR) is 75.4 cm³/mol. The first kappa shape index (κ1) is 14.6. The molecule has 2 amide bonds. The van der Waals surface area contributed by atoms with E-state index in [9.17, 15) is 9.59 Å². The number of amides is 2. The third-order valence-corrected chi connectivity index (χ3v) is 3.55. The fourth-order valence-corrected chi connectivity index (χ4v) is 2.47. The summed E-state index contributed by atoms with van der Waals surface area (Å²) in [5.74, 6) is 0.201. The Hall–Kier alpha value is -1.85. The van der Waals surface area contributed by atoms with Crippen LogP contribution in [0.3, 0.4) is 0 Å². The maximum absolute atomic E-state index is 12.4. The van der Waals surface area contributed by atoms with Crippen LogP contribution in [-0.2, 0) is 4.79 Å². The molecule has 2 N–H and O–H groups in total. The zero-order chi connectivity index (χ0) is 14.7. The maximum Gasteiger partial charge on any atom is 0.274 e. The van der Waals surface area contributed by atoms with Gasteiger partial charge in [-0.3, -0.25) is 14.7 Å². The number of likely N-dealkylation sites (tertiary alicyclic amines) is 1. The molecule has 1 aliphatic rings. The molecule has 0 radical (unpaired) electrons. The van der Waals surface area contributed by atoms with E-state index in [2.05, 4.69) is 29.4 Å². The minimum Gasteiger partial charge on any atom is -0.352 e. The number of nitrogens with one attached hydrogen (secondary N) is 2. The van der Waals surface area contributed by atoms with E-state index >= 15 is 0 Å². The van der Waals surface area contributed by atoms with E-state index in [1.807, 2.05) is 6.07 Å². The Balaban J connectivity index is 2.02. The van der Waals surface area contributed by atoms with Crippen molar-refractivity contribution in [2.45, 2.75) is 45.6 Å². The molecule has 1 fully saturated rings. The molecule has 1 aliphatic heterocycles. The largest absolute Gasteiger partial charge is 0.352 e. The minimum atomic E-state index is -0.0665. The van der Waals surface area contributed by atoms with Gasteiger partial charge in [0, 0.05) is 31.7 Å². The normalized spacial score (nSPS) is 19.2. The molecule has 1 saturated heterocycles. The first-order valence-electron chi connectivity index (χ1n) is 7.09. The Labute approximate surface area is 118 Å². The van der Waals surface area contributed by atoms with E-state index in [1.165, 1.54) is 6.92 Å². The molecule has 2 rings (SSSR count). The summed E-state index contributed by atoms with van der Waals surface area (Å²) in [5.41, 5.74) is 1.42. The van der Waals surface area contributed by atoms with Gasteiger partial charge in [-0.2, -0.15) is 5.10 Å². The highest BCUT2D eigenvalue weighted by Crippen LogP contribution is 2.16. The molecule has 6 heteroatoms. The molecule has 110 valence electrons. The Kier molecular flexibility index (Phi) is 4.42. The summed E-state index contributed by atoms with van der Waals surface area (Å²) < 4.78 is 0. The van der Waals surface area contributed by atoms with Gasteiger partial charge in [0.1, 0.15) is 5.69 Å². The molecule has 20 heavy (non-hydrogen) atoms. The van der Waals surface area contributed by atoms with Gasteiger partial charge < -0.3 is 10.2 Å². The van der Waals surface area contributed by atoms with Gasteiger partial charge in [0.05, 0.1) is 0 Å². The second kappa shape index (κ2) is 6.07. The summed E-state index contributed by atoms with van der Waals surface area (Å²) in [4.78, 5) is 25.3. The van der Waals surface area contributed by atoms with E-state index in [-0.39, 0.29) is 17.9 Å². The van der Waals surface area contributed by atoms with Gasteiger partial charge in [0.15, 0.2) is 0 Å². The number of piperidine rings is 1. The molecule has 2 heterocycles. The van der Waals surface area contributed by atoms with E-state index in [0.29, 0.717) is 18.2 Å². The van der Waals surface area contributed by atoms with Gasteiger partial charge in [-0.15, -0.1) is 0 Å². The number of H-pyrrole nitrogens is 1. The molecule has 1 aromatic heterocycles. The molecular weight excluding hydrogens is 256 g/mol. The fourth-order valence-electron chi connectivity index (χ4n) is 2.47. The Bertz CT molecular complexity index is 495. The number of nitrogens with zero attached hydrogens (tertiary/aromatic N) is 2. The zero-order valence-corrected chi connectivity index (χ0v) is 12.3. The highest BCUT2D eigenvalue weighted by molar-refractivity contribution is 5.92. The molecule has 1 atom stereocenters. The summed E-state index contributed by atoms with van der Waals surface area (Å²) in [7, 11) is 0. The topological polar surface area (TPSA) is 78.1 Å². The molecule has 0 aliphatic carbocycles. The lowest BCUT2D eigenvalue weighted by atomic mass is 10.0. The van der Waals surface area contributed by atoms with Crippen LogP contribution in [-0.4, -0.2) is 46.0 Å². The lowest BCUT2D eigenvalue weighted by molar-refractivity contribution is -0.120. The van der Waals surface area contributed by atoms with Crippen molar-refractivity contribution < 1.29 is 9.59 Å². The number of rotatable bonds is 3. The van der Waals surface area contributed by atoms with Crippen LogP contribution >= 0.6 is 0 Å². The van der Waals surface area contributed by atoms with E-state index in [0.717, 1.165) is 25.1 Å². The summed E-state index contributed by atoms with van der Waals surface area (Å²) in [5, 5.41) is 9.88. The smallest absolute Gasteiger partial charge is 0.274 e. The number of carbonyl (C=O) groups excluding carboxylic acids is 2. The van der Waals surface area contributed by atoms with Gasteiger partial charge in [-0.1, -0.05) is 13.8 Å². The van der Waals surface area contributed by atoms with Crippen molar-refractivity contribution in [2.24, 2.45) is 0 Å². The highest BCUT2D eigenvalue weighted by Gasteiger charge is 2.26. The Morgan fingerprint density at radius 1 is 1.50 bits per heavy atom. The summed E-state index contributed by atoms with van der Waals surface area (Å²) in [6.07, 6.45) is 1.82. The number of aromatic amines is 1. The molecule has 1 unspecified atom stereocenters. The van der Waals surface area contributed by atoms with Gasteiger partial charge in [-0.05, 0) is 24.8 Å². The highest BCUT2D eigenvalue weighted by atomic mass is 16.2. The zero-order valence-electron chi connectivity index (χ0n) is 12.3. The van der Waals surface area contributed by atoms with Crippen LogP contribution < -0.4 is 5.32 Å². The second-order valence-electron chi connectivity index (χ2n) is 5.65. The van der Waals surface area contributed by atoms with Crippen LogP contribution in [0.1, 0.15) is 55.7 Å². The quantitative estimate of drug-likeness (QED) is 0.874. The summed E-state index contributed by atoms with van der Waals surface area (Å²) in [6, 6.07) is 1.86. The van der Waals surface area contributed by atoms with Gasteiger partial charge in [-0.25, -0.2) is 0 Å². The average Bonchev–Trinajstić information content (AvgIpc) is 2.87. The monoisotopic (exact) mass is 278 g/mol. The van der Waals surface area contributed by atoms with Crippen LogP contribution in [0, 0.1) is 0 Å².